The van der Waals surface area contributed by atoms with Crippen molar-refractivity contribution in [2.24, 2.45) is 0 Å². The maximum atomic E-state index is 13.1. The fourth-order valence-electron chi connectivity index (χ4n) is 5.27. The molecule has 0 aromatic heterocycles. The lowest BCUT2D eigenvalue weighted by molar-refractivity contribution is 0.0758. The molecule has 1 amide bonds. The van der Waals surface area contributed by atoms with E-state index in [1.54, 1.807) is 0 Å². The highest BCUT2D eigenvalue weighted by Gasteiger charge is 2.29. The maximum absolute atomic E-state index is 13.1. The van der Waals surface area contributed by atoms with Crippen molar-refractivity contribution < 1.29 is 4.79 Å². The summed E-state index contributed by atoms with van der Waals surface area (Å²) in [4.78, 5) is 20.2. The molecule has 2 aliphatic heterocycles. The molecule has 0 bridgehead atoms. The molecule has 0 N–H and O–H groups in total. The van der Waals surface area contributed by atoms with Crippen molar-refractivity contribution in [2.75, 3.05) is 44.2 Å². The Hall–Kier alpha value is -2.33. The van der Waals surface area contributed by atoms with Crippen LogP contribution < -0.4 is 4.90 Å². The molecular formula is C25H31N3O. The molecule has 152 valence electrons. The van der Waals surface area contributed by atoms with E-state index in [0.717, 1.165) is 64.1 Å². The van der Waals surface area contributed by atoms with Gasteiger partial charge in [-0.15, -0.1) is 0 Å². The highest BCUT2D eigenvalue weighted by Crippen LogP contribution is 2.26. The molecule has 4 nitrogen and oxygen atoms in total. The summed E-state index contributed by atoms with van der Waals surface area (Å²) in [6, 6.07) is 17.7. The second-order valence-corrected chi connectivity index (χ2v) is 8.75. The average Bonchev–Trinajstić information content (AvgIpc) is 3.38. The molecule has 0 radical (unpaired) electrons. The molecule has 0 unspecified atom stereocenters. The highest BCUT2D eigenvalue weighted by atomic mass is 16.2. The Morgan fingerprint density at radius 3 is 2.10 bits per heavy atom. The largest absolute Gasteiger partial charge is 0.372 e. The number of rotatable bonds is 3. The first-order chi connectivity index (χ1) is 14.3. The van der Waals surface area contributed by atoms with Crippen LogP contribution in [0.2, 0.25) is 0 Å². The molecule has 2 aromatic rings. The Morgan fingerprint density at radius 2 is 1.41 bits per heavy atom. The maximum Gasteiger partial charge on any atom is 0.253 e. The summed E-state index contributed by atoms with van der Waals surface area (Å²) in [5.41, 5.74) is 5.09. The Balaban J connectivity index is 1.20. The van der Waals surface area contributed by atoms with Gasteiger partial charge in [-0.05, 0) is 67.5 Å². The monoisotopic (exact) mass is 389 g/mol. The van der Waals surface area contributed by atoms with Crippen LogP contribution in [-0.4, -0.2) is 61.0 Å². The van der Waals surface area contributed by atoms with Gasteiger partial charge in [0.25, 0.3) is 5.91 Å². The second kappa shape index (κ2) is 8.19. The van der Waals surface area contributed by atoms with Crippen LogP contribution >= 0.6 is 0 Å². The predicted octanol–water partition coefficient (Wildman–Crippen LogP) is 3.60. The Morgan fingerprint density at radius 1 is 0.724 bits per heavy atom. The summed E-state index contributed by atoms with van der Waals surface area (Å²) >= 11 is 0. The van der Waals surface area contributed by atoms with E-state index in [4.69, 9.17) is 0 Å². The Labute approximate surface area is 174 Å². The van der Waals surface area contributed by atoms with Gasteiger partial charge in [-0.25, -0.2) is 0 Å². The fraction of sp³-hybridized carbons (Fsp3) is 0.480. The van der Waals surface area contributed by atoms with Crippen molar-refractivity contribution in [2.45, 2.75) is 38.1 Å². The predicted molar refractivity (Wildman–Crippen MR) is 118 cm³/mol. The van der Waals surface area contributed by atoms with Crippen molar-refractivity contribution >= 4 is 11.6 Å². The topological polar surface area (TPSA) is 26.8 Å². The van der Waals surface area contributed by atoms with Gasteiger partial charge in [0.2, 0.25) is 0 Å². The molecule has 2 heterocycles. The van der Waals surface area contributed by atoms with Crippen molar-refractivity contribution in [3.63, 3.8) is 0 Å². The number of carbonyl (C=O) groups excluding carboxylic acids is 1. The van der Waals surface area contributed by atoms with Crippen molar-refractivity contribution in [3.8, 4) is 0 Å². The lowest BCUT2D eigenvalue weighted by Crippen LogP contribution is -2.40. The molecule has 5 rings (SSSR count). The molecule has 0 atom stereocenters. The third-order valence-electron chi connectivity index (χ3n) is 6.95. The number of nitrogens with zero attached hydrogens (tertiary/aromatic N) is 3. The zero-order valence-corrected chi connectivity index (χ0v) is 17.2. The molecule has 0 saturated carbocycles. The number of amides is 1. The number of anilines is 1. The zero-order valence-electron chi connectivity index (χ0n) is 17.2. The number of carbonyl (C=O) groups is 1. The van der Waals surface area contributed by atoms with Crippen LogP contribution in [0, 0.1) is 0 Å². The third kappa shape index (κ3) is 3.91. The molecule has 2 aromatic carbocycles. The van der Waals surface area contributed by atoms with Gasteiger partial charge in [0.15, 0.2) is 0 Å². The molecule has 2 saturated heterocycles. The van der Waals surface area contributed by atoms with Gasteiger partial charge in [0.05, 0.1) is 0 Å². The summed E-state index contributed by atoms with van der Waals surface area (Å²) < 4.78 is 0. The first kappa shape index (κ1) is 18.7. The van der Waals surface area contributed by atoms with E-state index in [-0.39, 0.29) is 5.91 Å². The zero-order chi connectivity index (χ0) is 19.6. The Kier molecular flexibility index (Phi) is 5.28. The van der Waals surface area contributed by atoms with Gasteiger partial charge in [-0.1, -0.05) is 24.3 Å². The standard InChI is InChI=1S/C25H31N3O/c29-25(20-8-10-23(11-9-20)26-12-3-4-13-26)28-15-5-14-27(16-17-28)24-18-21-6-1-2-7-22(21)19-24/h1-2,6-11,24H,3-5,12-19H2. The molecule has 4 heteroatoms. The van der Waals surface area contributed by atoms with Crippen LogP contribution in [0.1, 0.15) is 40.7 Å². The number of hydrogen-bond acceptors (Lipinski definition) is 3. The van der Waals surface area contributed by atoms with Gasteiger partial charge in [0.1, 0.15) is 0 Å². The Bertz CT molecular complexity index is 832. The second-order valence-electron chi connectivity index (χ2n) is 8.75. The number of benzene rings is 2. The smallest absolute Gasteiger partial charge is 0.253 e. The average molecular weight is 390 g/mol. The molecule has 0 spiro atoms. The van der Waals surface area contributed by atoms with E-state index in [1.165, 1.54) is 29.7 Å². The lowest BCUT2D eigenvalue weighted by atomic mass is 10.1. The minimum Gasteiger partial charge on any atom is -0.372 e. The summed E-state index contributed by atoms with van der Waals surface area (Å²) in [5.74, 6) is 0.189. The summed E-state index contributed by atoms with van der Waals surface area (Å²) in [5, 5.41) is 0. The van der Waals surface area contributed by atoms with Crippen LogP contribution in [0.15, 0.2) is 48.5 Å². The normalized spacial score (nSPS) is 20.7. The van der Waals surface area contributed by atoms with E-state index < -0.39 is 0 Å². The number of hydrogen-bond donors (Lipinski definition) is 0. The van der Waals surface area contributed by atoms with E-state index in [0.29, 0.717) is 6.04 Å². The van der Waals surface area contributed by atoms with Crippen LogP contribution in [0.25, 0.3) is 0 Å². The first-order valence-electron chi connectivity index (χ1n) is 11.2. The van der Waals surface area contributed by atoms with Crippen LogP contribution in [-0.2, 0) is 12.8 Å². The summed E-state index contributed by atoms with van der Waals surface area (Å²) in [6.07, 6.45) is 5.92. The van der Waals surface area contributed by atoms with E-state index in [2.05, 4.69) is 51.1 Å². The van der Waals surface area contributed by atoms with Gasteiger partial charge >= 0.3 is 0 Å². The molecule has 29 heavy (non-hydrogen) atoms. The van der Waals surface area contributed by atoms with Gasteiger partial charge in [-0.3, -0.25) is 9.69 Å². The molecule has 3 aliphatic rings. The lowest BCUT2D eigenvalue weighted by Gasteiger charge is -2.27. The minimum absolute atomic E-state index is 0.189. The van der Waals surface area contributed by atoms with Crippen molar-refractivity contribution in [3.05, 3.63) is 65.2 Å². The third-order valence-corrected chi connectivity index (χ3v) is 6.95. The van der Waals surface area contributed by atoms with Crippen LogP contribution in [0.3, 0.4) is 0 Å². The van der Waals surface area contributed by atoms with Gasteiger partial charge < -0.3 is 9.80 Å². The SMILES string of the molecule is O=C(c1ccc(N2CCCC2)cc1)N1CCCN(C2Cc3ccccc3C2)CC1. The minimum atomic E-state index is 0.189. The van der Waals surface area contributed by atoms with Crippen LogP contribution in [0.5, 0.6) is 0 Å². The highest BCUT2D eigenvalue weighted by molar-refractivity contribution is 5.94. The van der Waals surface area contributed by atoms with Crippen molar-refractivity contribution in [1.29, 1.82) is 0 Å². The quantitative estimate of drug-likeness (QED) is 0.803. The van der Waals surface area contributed by atoms with E-state index in [9.17, 15) is 4.79 Å². The first-order valence-corrected chi connectivity index (χ1v) is 11.2. The van der Waals surface area contributed by atoms with Gasteiger partial charge in [0, 0.05) is 56.6 Å². The van der Waals surface area contributed by atoms with Crippen molar-refractivity contribution in [1.82, 2.24) is 9.80 Å². The van der Waals surface area contributed by atoms with Crippen LogP contribution in [0.4, 0.5) is 5.69 Å². The van der Waals surface area contributed by atoms with Gasteiger partial charge in [-0.2, -0.15) is 0 Å². The molecule has 2 fully saturated rings. The fourth-order valence-corrected chi connectivity index (χ4v) is 5.27. The molecular weight excluding hydrogens is 358 g/mol. The summed E-state index contributed by atoms with van der Waals surface area (Å²) in [7, 11) is 0. The summed E-state index contributed by atoms with van der Waals surface area (Å²) in [6.45, 7) is 6.05. The molecule has 1 aliphatic carbocycles. The number of fused-ring (bicyclic) bond motifs is 1. The van der Waals surface area contributed by atoms with E-state index in [1.807, 2.05) is 12.1 Å². The van der Waals surface area contributed by atoms with E-state index >= 15 is 0 Å².